The van der Waals surface area contributed by atoms with Gasteiger partial charge in [-0.1, -0.05) is 12.7 Å². The molecule has 0 fully saturated rings. The van der Waals surface area contributed by atoms with Gasteiger partial charge in [0.2, 0.25) is 0 Å². The van der Waals surface area contributed by atoms with Crippen LogP contribution in [0.15, 0.2) is 23.8 Å². The van der Waals surface area contributed by atoms with E-state index in [2.05, 4.69) is 26.8 Å². The van der Waals surface area contributed by atoms with Gasteiger partial charge in [-0.3, -0.25) is 33.6 Å². The average molecular weight is 701 g/mol. The molecular weight excluding hydrogens is 660 g/mol. The Kier molecular flexibility index (Phi) is 10.2. The molecule has 7 N–H and O–H groups in total. The van der Waals surface area contributed by atoms with E-state index in [1.54, 1.807) is 20.8 Å². The third-order valence-electron chi connectivity index (χ3n) is 10.3. The fourth-order valence-electron chi connectivity index (χ4n) is 7.58. The number of aromatic amines is 3. The molecule has 3 aromatic rings. The first-order valence-corrected chi connectivity index (χ1v) is 16.5. The van der Waals surface area contributed by atoms with Crippen molar-refractivity contribution in [3.63, 3.8) is 0 Å². The molecule has 0 aromatic carbocycles. The number of nitrogens with one attached hydrogen (secondary N) is 4. The maximum Gasteiger partial charge on any atom is 0.315 e. The number of H-pyrrole nitrogens is 3. The molecule has 0 radical (unpaired) electrons. The Balaban J connectivity index is 1.58. The van der Waals surface area contributed by atoms with Crippen LogP contribution < -0.4 is 5.32 Å². The van der Waals surface area contributed by atoms with Gasteiger partial charge in [0.25, 0.3) is 5.91 Å². The van der Waals surface area contributed by atoms with Crippen LogP contribution in [0.2, 0.25) is 0 Å². The molecule has 0 spiro atoms. The number of rotatable bonds is 16. The number of aliphatic carboxylic acids is 3. The van der Waals surface area contributed by atoms with Gasteiger partial charge in [-0.2, -0.15) is 0 Å². The minimum atomic E-state index is -1.50. The zero-order valence-electron chi connectivity index (χ0n) is 28.7. The van der Waals surface area contributed by atoms with Crippen molar-refractivity contribution >= 4 is 41.7 Å². The number of carboxylic acids is 3. The molecule has 0 saturated heterocycles. The van der Waals surface area contributed by atoms with E-state index >= 15 is 0 Å². The van der Waals surface area contributed by atoms with Gasteiger partial charge in [-0.25, -0.2) is 0 Å². The topological polar surface area (TPSA) is 240 Å². The second kappa shape index (κ2) is 14.2. The summed E-state index contributed by atoms with van der Waals surface area (Å²) in [4.78, 5) is 95.7. The van der Waals surface area contributed by atoms with Crippen LogP contribution in [-0.2, 0) is 49.7 Å². The molecule has 1 aliphatic heterocycles. The molecule has 4 heterocycles. The fraction of sp³-hybridized carbons (Fsp3) is 0.378. The predicted octanol–water partition coefficient (Wildman–Crippen LogP) is 3.57. The molecule has 14 nitrogen and oxygen atoms in total. The highest BCUT2D eigenvalue weighted by Gasteiger charge is 2.49. The van der Waals surface area contributed by atoms with Crippen molar-refractivity contribution in [3.8, 4) is 0 Å². The van der Waals surface area contributed by atoms with Gasteiger partial charge in [0.05, 0.1) is 17.7 Å². The molecule has 5 rings (SSSR count). The van der Waals surface area contributed by atoms with Gasteiger partial charge < -0.3 is 35.6 Å². The maximum atomic E-state index is 13.9. The number of hydrogen-bond donors (Lipinski definition) is 7. The highest BCUT2D eigenvalue weighted by Crippen LogP contribution is 2.46. The maximum absolute atomic E-state index is 13.9. The standard InChI is InChI=1S/C37H40N4O10/c1-6-20-15(2)24(41-36(20)49)12-23-17(4)22(9-10-28(44)45)33(39-23)31-32(37(50)51)35(48)30-18(5)25(40-34(30)31)13-26-21(16(3)27(14-42)38-26)8-7-19(43)11-29(46)47/h6,14,24,31-32,38-40H,1,7-13H2,2-5H3,(H,41,49)(H,44,45)(H,46,47)(H,50,51). The lowest BCUT2D eigenvalue weighted by Gasteiger charge is -2.18. The monoisotopic (exact) mass is 700 g/mol. The zero-order valence-corrected chi connectivity index (χ0v) is 28.7. The van der Waals surface area contributed by atoms with Crippen molar-refractivity contribution in [3.05, 3.63) is 91.3 Å². The molecule has 1 amide bonds. The normalized spacial score (nSPS) is 18.2. The number of Topliss-reactive ketones (excluding diaryl/α,β-unsaturated/α-hetero) is 2. The Morgan fingerprint density at radius 3 is 2.06 bits per heavy atom. The van der Waals surface area contributed by atoms with Crippen molar-refractivity contribution in [1.29, 1.82) is 0 Å². The number of aromatic nitrogens is 3. The minimum Gasteiger partial charge on any atom is -0.481 e. The quantitative estimate of drug-likeness (QED) is 0.0847. The molecule has 3 unspecified atom stereocenters. The first kappa shape index (κ1) is 36.5. The van der Waals surface area contributed by atoms with Crippen molar-refractivity contribution in [1.82, 2.24) is 20.3 Å². The first-order chi connectivity index (χ1) is 24.1. The molecule has 1 aliphatic carbocycles. The van der Waals surface area contributed by atoms with Crippen LogP contribution in [0.5, 0.6) is 0 Å². The number of carboxylic acid groups (broad SMARTS) is 3. The van der Waals surface area contributed by atoms with Crippen LogP contribution in [0.25, 0.3) is 0 Å². The Morgan fingerprint density at radius 1 is 0.804 bits per heavy atom. The van der Waals surface area contributed by atoms with Gasteiger partial charge in [0.15, 0.2) is 12.1 Å². The predicted molar refractivity (Wildman–Crippen MR) is 182 cm³/mol. The van der Waals surface area contributed by atoms with Crippen LogP contribution in [-0.4, -0.2) is 78.0 Å². The molecule has 268 valence electrons. The van der Waals surface area contributed by atoms with E-state index in [1.165, 1.54) is 6.08 Å². The van der Waals surface area contributed by atoms with E-state index in [0.717, 1.165) is 5.57 Å². The molecule has 0 saturated carbocycles. The van der Waals surface area contributed by atoms with Gasteiger partial charge in [-0.15, -0.1) is 0 Å². The summed E-state index contributed by atoms with van der Waals surface area (Å²) in [5, 5.41) is 31.9. The molecular formula is C37H40N4O10. The number of carbonyl (C=O) groups is 7. The Bertz CT molecular complexity index is 2060. The van der Waals surface area contributed by atoms with Crippen molar-refractivity contribution < 1.29 is 48.9 Å². The minimum absolute atomic E-state index is 0.0558. The van der Waals surface area contributed by atoms with Crippen LogP contribution in [0, 0.1) is 26.7 Å². The summed E-state index contributed by atoms with van der Waals surface area (Å²) in [6, 6.07) is -0.382. The van der Waals surface area contributed by atoms with E-state index in [0.29, 0.717) is 80.3 Å². The van der Waals surface area contributed by atoms with Crippen LogP contribution >= 0.6 is 0 Å². The number of ketones is 2. The molecule has 2 aliphatic rings. The molecule has 51 heavy (non-hydrogen) atoms. The van der Waals surface area contributed by atoms with Crippen molar-refractivity contribution in [2.45, 2.75) is 84.6 Å². The van der Waals surface area contributed by atoms with Crippen molar-refractivity contribution in [2.75, 3.05) is 0 Å². The van der Waals surface area contributed by atoms with E-state index in [1.807, 2.05) is 6.92 Å². The highest BCUT2D eigenvalue weighted by atomic mass is 16.4. The van der Waals surface area contributed by atoms with E-state index in [4.69, 9.17) is 5.11 Å². The lowest BCUT2D eigenvalue weighted by atomic mass is 9.87. The number of hydrogen-bond acceptors (Lipinski definition) is 7. The lowest BCUT2D eigenvalue weighted by Crippen LogP contribution is -2.30. The Hall–Kier alpha value is -5.79. The molecule has 3 atom stereocenters. The Labute approximate surface area is 292 Å². The average Bonchev–Trinajstić information content (AvgIpc) is 3.79. The van der Waals surface area contributed by atoms with E-state index in [9.17, 15) is 43.8 Å². The Morgan fingerprint density at radius 2 is 1.47 bits per heavy atom. The van der Waals surface area contributed by atoms with Crippen LogP contribution in [0.3, 0.4) is 0 Å². The largest absolute Gasteiger partial charge is 0.481 e. The fourth-order valence-corrected chi connectivity index (χ4v) is 7.58. The third kappa shape index (κ3) is 6.73. The lowest BCUT2D eigenvalue weighted by molar-refractivity contribution is -0.141. The van der Waals surface area contributed by atoms with E-state index < -0.39 is 47.7 Å². The van der Waals surface area contributed by atoms with Gasteiger partial charge in [0.1, 0.15) is 18.1 Å². The summed E-state index contributed by atoms with van der Waals surface area (Å²) in [7, 11) is 0. The summed E-state index contributed by atoms with van der Waals surface area (Å²) in [6.07, 6.45) is 1.94. The second-order valence-electron chi connectivity index (χ2n) is 13.2. The number of amides is 1. The van der Waals surface area contributed by atoms with Crippen LogP contribution in [0.1, 0.15) is 109 Å². The van der Waals surface area contributed by atoms with E-state index in [-0.39, 0.29) is 49.6 Å². The van der Waals surface area contributed by atoms with Gasteiger partial charge >= 0.3 is 17.9 Å². The number of fused-ring (bicyclic) bond motifs is 1. The smallest absolute Gasteiger partial charge is 0.315 e. The number of carbonyl (C=O) groups excluding carboxylic acids is 4. The van der Waals surface area contributed by atoms with Gasteiger partial charge in [0, 0.05) is 65.3 Å². The van der Waals surface area contributed by atoms with Gasteiger partial charge in [-0.05, 0) is 73.9 Å². The second-order valence-corrected chi connectivity index (χ2v) is 13.2. The summed E-state index contributed by atoms with van der Waals surface area (Å²) in [5.41, 5.74) is 7.43. The SMILES string of the molecule is C=CC1=C(C)C(Cc2[nH]c(C3c4[nH]c(Cc5[nH]c(C=O)c(C)c5CCC(=O)CC(=O)O)c(C)c4C(=O)C3C(=O)O)c(CCC(=O)O)c2C)NC1=O. The number of aldehydes is 1. The summed E-state index contributed by atoms with van der Waals surface area (Å²) in [5.74, 6) is -7.47. The van der Waals surface area contributed by atoms with Crippen LogP contribution in [0.4, 0.5) is 0 Å². The summed E-state index contributed by atoms with van der Waals surface area (Å²) in [6.45, 7) is 10.8. The first-order valence-electron chi connectivity index (χ1n) is 16.5. The van der Waals surface area contributed by atoms with Crippen molar-refractivity contribution in [2.24, 2.45) is 5.92 Å². The third-order valence-corrected chi connectivity index (χ3v) is 10.3. The summed E-state index contributed by atoms with van der Waals surface area (Å²) >= 11 is 0. The summed E-state index contributed by atoms with van der Waals surface area (Å²) < 4.78 is 0. The zero-order chi connectivity index (χ0) is 37.5. The molecule has 14 heteroatoms. The highest BCUT2D eigenvalue weighted by molar-refractivity contribution is 6.14. The molecule has 0 bridgehead atoms. The molecule has 3 aromatic heterocycles.